The van der Waals surface area contributed by atoms with Gasteiger partial charge in [-0.2, -0.15) is 0 Å². The molecular formula is C8H4O6S-2. The second-order valence-electron chi connectivity index (χ2n) is 2.69. The van der Waals surface area contributed by atoms with E-state index in [1.807, 2.05) is 0 Å². The van der Waals surface area contributed by atoms with Crippen LogP contribution in [0.15, 0.2) is 0 Å². The lowest BCUT2D eigenvalue weighted by molar-refractivity contribution is -0.255. The summed E-state index contributed by atoms with van der Waals surface area (Å²) in [5.41, 5.74) is 0. The SMILES string of the molecule is O=C([O-])c1sc(C(=O)[O-])c2c1OCCO2. The van der Waals surface area contributed by atoms with Crippen LogP contribution in [0.5, 0.6) is 11.5 Å². The Labute approximate surface area is 87.7 Å². The zero-order valence-corrected chi connectivity index (χ0v) is 8.09. The number of aromatic carboxylic acids is 2. The van der Waals surface area contributed by atoms with Gasteiger partial charge in [-0.25, -0.2) is 0 Å². The number of thiophene rings is 1. The standard InChI is InChI=1S/C8H6O6S/c9-7(10)5-3-4(14-2-1-13-3)6(15-5)8(11)12/h1-2H2,(H,9,10)(H,11,12)/p-2. The van der Waals surface area contributed by atoms with Crippen molar-refractivity contribution >= 4 is 23.3 Å². The van der Waals surface area contributed by atoms with Gasteiger partial charge >= 0.3 is 0 Å². The van der Waals surface area contributed by atoms with Gasteiger partial charge in [0.1, 0.15) is 13.2 Å². The van der Waals surface area contributed by atoms with Crippen molar-refractivity contribution in [3.8, 4) is 11.5 Å². The van der Waals surface area contributed by atoms with Gasteiger partial charge in [0.05, 0.1) is 21.7 Å². The topological polar surface area (TPSA) is 98.7 Å². The van der Waals surface area contributed by atoms with Crippen LogP contribution in [0.1, 0.15) is 19.3 Å². The number of carbonyl (C=O) groups is 2. The van der Waals surface area contributed by atoms with Crippen LogP contribution in [0.3, 0.4) is 0 Å². The first-order chi connectivity index (χ1) is 7.11. The zero-order valence-electron chi connectivity index (χ0n) is 7.27. The molecule has 0 radical (unpaired) electrons. The molecule has 1 aliphatic heterocycles. The minimum atomic E-state index is -1.49. The molecule has 7 heteroatoms. The van der Waals surface area contributed by atoms with Crippen LogP contribution >= 0.6 is 11.3 Å². The number of hydrogen-bond donors (Lipinski definition) is 0. The molecule has 0 saturated heterocycles. The fraction of sp³-hybridized carbons (Fsp3) is 0.250. The van der Waals surface area contributed by atoms with Gasteiger partial charge in [0.15, 0.2) is 11.5 Å². The third-order valence-corrected chi connectivity index (χ3v) is 2.88. The van der Waals surface area contributed by atoms with Crippen molar-refractivity contribution in [3.63, 3.8) is 0 Å². The highest BCUT2D eigenvalue weighted by Gasteiger charge is 2.25. The van der Waals surface area contributed by atoms with Crippen LogP contribution in [0.2, 0.25) is 0 Å². The van der Waals surface area contributed by atoms with E-state index in [-0.39, 0.29) is 34.5 Å². The minimum absolute atomic E-state index is 0.0783. The summed E-state index contributed by atoms with van der Waals surface area (Å²) in [5, 5.41) is 21.3. The van der Waals surface area contributed by atoms with E-state index in [0.29, 0.717) is 11.3 Å². The quantitative estimate of drug-likeness (QED) is 0.595. The Morgan fingerprint density at radius 1 is 1.00 bits per heavy atom. The molecular weight excluding hydrogens is 224 g/mol. The number of fused-ring (bicyclic) bond motifs is 1. The molecule has 0 amide bonds. The highest BCUT2D eigenvalue weighted by Crippen LogP contribution is 2.43. The van der Waals surface area contributed by atoms with Crippen LogP contribution in [-0.2, 0) is 0 Å². The Hall–Kier alpha value is -1.76. The van der Waals surface area contributed by atoms with Crippen molar-refractivity contribution in [2.45, 2.75) is 0 Å². The van der Waals surface area contributed by atoms with E-state index < -0.39 is 11.9 Å². The molecule has 6 nitrogen and oxygen atoms in total. The van der Waals surface area contributed by atoms with Crippen LogP contribution in [0, 0.1) is 0 Å². The lowest BCUT2D eigenvalue weighted by Crippen LogP contribution is -2.24. The molecule has 0 bridgehead atoms. The predicted octanol–water partition coefficient (Wildman–Crippen LogP) is -1.75. The van der Waals surface area contributed by atoms with Crippen molar-refractivity contribution in [1.29, 1.82) is 0 Å². The molecule has 0 atom stereocenters. The van der Waals surface area contributed by atoms with E-state index in [4.69, 9.17) is 9.47 Å². The van der Waals surface area contributed by atoms with Crippen molar-refractivity contribution in [3.05, 3.63) is 9.75 Å². The molecule has 0 N–H and O–H groups in total. The number of hydrogen-bond acceptors (Lipinski definition) is 7. The van der Waals surface area contributed by atoms with Crippen LogP contribution < -0.4 is 19.7 Å². The number of carbonyl (C=O) groups excluding carboxylic acids is 2. The Bertz CT molecular complexity index is 396. The van der Waals surface area contributed by atoms with E-state index in [0.717, 1.165) is 0 Å². The van der Waals surface area contributed by atoms with Crippen molar-refractivity contribution < 1.29 is 29.3 Å². The Kier molecular flexibility index (Phi) is 2.24. The Balaban J connectivity index is 2.59. The number of rotatable bonds is 2. The fourth-order valence-corrected chi connectivity index (χ4v) is 2.08. The average molecular weight is 228 g/mol. The normalized spacial score (nSPS) is 13.6. The van der Waals surface area contributed by atoms with Crippen molar-refractivity contribution in [2.75, 3.05) is 13.2 Å². The maximum atomic E-state index is 10.7. The molecule has 2 heterocycles. The van der Waals surface area contributed by atoms with E-state index in [1.54, 1.807) is 0 Å². The first-order valence-corrected chi connectivity index (χ1v) is 4.78. The van der Waals surface area contributed by atoms with Crippen molar-refractivity contribution in [2.24, 2.45) is 0 Å². The fourth-order valence-electron chi connectivity index (χ4n) is 1.22. The van der Waals surface area contributed by atoms with Crippen molar-refractivity contribution in [1.82, 2.24) is 0 Å². The van der Waals surface area contributed by atoms with Gasteiger partial charge in [-0.3, -0.25) is 0 Å². The second kappa shape index (κ2) is 3.43. The summed E-state index contributed by atoms with van der Waals surface area (Å²) < 4.78 is 10.0. The van der Waals surface area contributed by atoms with Gasteiger partial charge in [-0.1, -0.05) is 0 Å². The van der Waals surface area contributed by atoms with E-state index >= 15 is 0 Å². The summed E-state index contributed by atoms with van der Waals surface area (Å²) in [4.78, 5) is 20.7. The Morgan fingerprint density at radius 3 is 1.73 bits per heavy atom. The monoisotopic (exact) mass is 228 g/mol. The largest absolute Gasteiger partial charge is 0.544 e. The van der Waals surface area contributed by atoms with E-state index in [9.17, 15) is 19.8 Å². The molecule has 0 aromatic carbocycles. The number of ether oxygens (including phenoxy) is 2. The summed E-state index contributed by atoms with van der Waals surface area (Å²) in [6.07, 6.45) is 0. The summed E-state index contributed by atoms with van der Waals surface area (Å²) in [7, 11) is 0. The van der Waals surface area contributed by atoms with Crippen LogP contribution in [0.4, 0.5) is 0 Å². The van der Waals surface area contributed by atoms with Crippen LogP contribution in [0.25, 0.3) is 0 Å². The average Bonchev–Trinajstić information content (AvgIpc) is 2.56. The third-order valence-electron chi connectivity index (χ3n) is 1.77. The predicted molar refractivity (Wildman–Crippen MR) is 44.0 cm³/mol. The first-order valence-electron chi connectivity index (χ1n) is 3.96. The molecule has 0 saturated carbocycles. The molecule has 1 aliphatic rings. The molecule has 0 aliphatic carbocycles. The molecule has 80 valence electrons. The molecule has 0 unspecified atom stereocenters. The number of carboxylic acids is 2. The maximum absolute atomic E-state index is 10.7. The van der Waals surface area contributed by atoms with E-state index in [1.165, 1.54) is 0 Å². The summed E-state index contributed by atoms with van der Waals surface area (Å²) in [5.74, 6) is -3.14. The number of carboxylic acid groups (broad SMARTS) is 2. The maximum Gasteiger partial charge on any atom is 0.181 e. The smallest absolute Gasteiger partial charge is 0.181 e. The molecule has 0 spiro atoms. The molecule has 1 aromatic heterocycles. The highest BCUT2D eigenvalue weighted by atomic mass is 32.1. The van der Waals surface area contributed by atoms with Gasteiger partial charge in [-0.05, 0) is 0 Å². The molecule has 1 aromatic rings. The lowest BCUT2D eigenvalue weighted by Gasteiger charge is -2.17. The Morgan fingerprint density at radius 2 is 1.40 bits per heavy atom. The molecule has 2 rings (SSSR count). The van der Waals surface area contributed by atoms with Gasteiger partial charge in [0.2, 0.25) is 0 Å². The van der Waals surface area contributed by atoms with Crippen LogP contribution in [-0.4, -0.2) is 25.2 Å². The first kappa shape index (κ1) is 9.78. The van der Waals surface area contributed by atoms with Gasteiger partial charge < -0.3 is 29.3 Å². The highest BCUT2D eigenvalue weighted by molar-refractivity contribution is 7.16. The summed E-state index contributed by atoms with van der Waals surface area (Å²) in [6.45, 7) is 0.354. The summed E-state index contributed by atoms with van der Waals surface area (Å²) >= 11 is 0.517. The zero-order chi connectivity index (χ0) is 11.0. The molecule has 15 heavy (non-hydrogen) atoms. The second-order valence-corrected chi connectivity index (χ2v) is 3.71. The lowest BCUT2D eigenvalue weighted by atomic mass is 10.3. The third kappa shape index (κ3) is 1.50. The van der Waals surface area contributed by atoms with Gasteiger partial charge in [-0.15, -0.1) is 11.3 Å². The van der Waals surface area contributed by atoms with Gasteiger partial charge in [0.25, 0.3) is 0 Å². The molecule has 0 fully saturated rings. The van der Waals surface area contributed by atoms with Gasteiger partial charge in [0, 0.05) is 0 Å². The minimum Gasteiger partial charge on any atom is -0.544 e. The summed E-state index contributed by atoms with van der Waals surface area (Å²) in [6, 6.07) is 0. The van der Waals surface area contributed by atoms with E-state index in [2.05, 4.69) is 0 Å².